The molecule has 0 aromatic heterocycles. The second-order valence-corrected chi connectivity index (χ2v) is 16.5. The molecule has 3 nitrogen and oxygen atoms in total. The van der Waals surface area contributed by atoms with Crippen LogP contribution in [0.2, 0.25) is 0 Å². The van der Waals surface area contributed by atoms with Crippen LogP contribution in [0.25, 0.3) is 22.3 Å². The number of hydrogen-bond donors (Lipinski definition) is 0. The highest BCUT2D eigenvalue weighted by Crippen LogP contribution is 2.63. The lowest BCUT2D eigenvalue weighted by atomic mass is 9.70. The minimum Gasteiger partial charge on any atom is -0.310 e. The van der Waals surface area contributed by atoms with E-state index < -0.39 is 5.41 Å². The van der Waals surface area contributed by atoms with Gasteiger partial charge in [0.2, 0.25) is 0 Å². The van der Waals surface area contributed by atoms with E-state index in [1.165, 1.54) is 44.5 Å². The molecular formula is C61H43N3. The number of benzene rings is 10. The van der Waals surface area contributed by atoms with Crippen molar-refractivity contribution in [3.8, 4) is 22.3 Å². The average Bonchev–Trinajstić information content (AvgIpc) is 3.83. The number of hydrogen-bond acceptors (Lipinski definition) is 3. The molecule has 12 rings (SSSR count). The van der Waals surface area contributed by atoms with Crippen molar-refractivity contribution in [1.29, 1.82) is 0 Å². The molecule has 1 spiro atoms. The smallest absolute Gasteiger partial charge is 0.0725 e. The molecule has 0 unspecified atom stereocenters. The monoisotopic (exact) mass is 817 g/mol. The van der Waals surface area contributed by atoms with Crippen LogP contribution in [-0.2, 0) is 5.41 Å². The fraction of sp³-hybridized carbons (Fsp3) is 0.0164. The van der Waals surface area contributed by atoms with Gasteiger partial charge in [-0.05, 0) is 142 Å². The fourth-order valence-corrected chi connectivity index (χ4v) is 10.4. The Morgan fingerprint density at radius 2 is 0.453 bits per heavy atom. The van der Waals surface area contributed by atoms with Gasteiger partial charge in [0, 0.05) is 51.2 Å². The first kappa shape index (κ1) is 37.4. The quantitative estimate of drug-likeness (QED) is 0.144. The lowest BCUT2D eigenvalue weighted by Crippen LogP contribution is -2.25. The lowest BCUT2D eigenvalue weighted by Gasteiger charge is -2.32. The first-order valence-electron chi connectivity index (χ1n) is 22.0. The average molecular weight is 818 g/mol. The van der Waals surface area contributed by atoms with Crippen molar-refractivity contribution in [3.05, 3.63) is 283 Å². The molecule has 3 heteroatoms. The van der Waals surface area contributed by atoms with E-state index in [2.05, 4.69) is 276 Å². The Labute approximate surface area is 375 Å². The second-order valence-electron chi connectivity index (χ2n) is 16.5. The number of fused-ring (bicyclic) bond motifs is 10. The molecule has 0 fully saturated rings. The highest BCUT2D eigenvalue weighted by atomic mass is 15.2. The summed E-state index contributed by atoms with van der Waals surface area (Å²) < 4.78 is 0. The summed E-state index contributed by atoms with van der Waals surface area (Å²) in [5.74, 6) is 0. The van der Waals surface area contributed by atoms with Crippen molar-refractivity contribution < 1.29 is 0 Å². The van der Waals surface area contributed by atoms with Crippen LogP contribution in [0, 0.1) is 0 Å². The molecule has 10 aromatic rings. The van der Waals surface area contributed by atoms with E-state index in [0.29, 0.717) is 0 Å². The molecule has 0 radical (unpaired) electrons. The van der Waals surface area contributed by atoms with Crippen LogP contribution in [0.15, 0.2) is 261 Å². The summed E-state index contributed by atoms with van der Waals surface area (Å²) in [5.41, 5.74) is 19.9. The molecule has 0 atom stereocenters. The third-order valence-corrected chi connectivity index (χ3v) is 13.0. The van der Waals surface area contributed by atoms with Crippen LogP contribution >= 0.6 is 0 Å². The minimum absolute atomic E-state index is 0.392. The van der Waals surface area contributed by atoms with Gasteiger partial charge in [-0.2, -0.15) is 0 Å². The summed E-state index contributed by atoms with van der Waals surface area (Å²) >= 11 is 0. The van der Waals surface area contributed by atoms with Gasteiger partial charge < -0.3 is 14.7 Å². The Kier molecular flexibility index (Phi) is 9.05. The van der Waals surface area contributed by atoms with E-state index in [1.807, 2.05) is 0 Å². The van der Waals surface area contributed by atoms with Gasteiger partial charge in [-0.1, -0.05) is 164 Å². The summed E-state index contributed by atoms with van der Waals surface area (Å²) in [6.45, 7) is 0. The van der Waals surface area contributed by atoms with Crippen molar-refractivity contribution in [3.63, 3.8) is 0 Å². The first-order valence-corrected chi connectivity index (χ1v) is 22.0. The predicted octanol–water partition coefficient (Wildman–Crippen LogP) is 16.4. The topological polar surface area (TPSA) is 9.72 Å². The van der Waals surface area contributed by atoms with Crippen LogP contribution in [0.4, 0.5) is 51.2 Å². The molecule has 10 aromatic carbocycles. The van der Waals surface area contributed by atoms with Crippen LogP contribution in [0.1, 0.15) is 22.3 Å². The second kappa shape index (κ2) is 15.5. The summed E-state index contributed by atoms with van der Waals surface area (Å²) in [4.78, 5) is 7.08. The Morgan fingerprint density at radius 1 is 0.188 bits per heavy atom. The zero-order chi connectivity index (χ0) is 42.5. The number of anilines is 9. The maximum Gasteiger partial charge on any atom is 0.0725 e. The molecule has 0 heterocycles. The van der Waals surface area contributed by atoms with Gasteiger partial charge in [-0.25, -0.2) is 0 Å². The number of nitrogens with zero attached hydrogens (tertiary/aromatic N) is 3. The summed E-state index contributed by atoms with van der Waals surface area (Å²) in [5, 5.41) is 0. The molecule has 2 aliphatic rings. The third kappa shape index (κ3) is 5.97. The van der Waals surface area contributed by atoms with Crippen molar-refractivity contribution in [2.45, 2.75) is 5.41 Å². The highest BCUT2D eigenvalue weighted by Gasteiger charge is 2.51. The summed E-state index contributed by atoms with van der Waals surface area (Å²) in [6, 6.07) is 94.6. The molecule has 0 bridgehead atoms. The minimum atomic E-state index is -0.392. The van der Waals surface area contributed by atoms with E-state index in [0.717, 1.165) is 51.2 Å². The standard InChI is InChI=1S/C61H43N3/c1-5-21-44(22-6-1)62(45-23-7-2-8-24-45)48-29-19-30-49(41-48)63(46-25-9-3-10-26-46)50-31-20-32-51(42-50)64(47-27-11-4-12-28-47)52-39-40-60-56(43-52)55-35-15-18-38-59(55)61(60)57-36-16-13-33-53(57)54-34-14-17-37-58(54)61/h1-43H. The molecule has 0 N–H and O–H groups in total. The Hall–Kier alpha value is -8.40. The van der Waals surface area contributed by atoms with Crippen molar-refractivity contribution in [1.82, 2.24) is 0 Å². The van der Waals surface area contributed by atoms with Gasteiger partial charge in [0.25, 0.3) is 0 Å². The zero-order valence-corrected chi connectivity index (χ0v) is 35.2. The van der Waals surface area contributed by atoms with Crippen LogP contribution in [0.3, 0.4) is 0 Å². The number of para-hydroxylation sites is 4. The highest BCUT2D eigenvalue weighted by molar-refractivity contribution is 5.97. The molecule has 0 saturated carbocycles. The lowest BCUT2D eigenvalue weighted by molar-refractivity contribution is 0.794. The normalized spacial score (nSPS) is 12.5. The van der Waals surface area contributed by atoms with Gasteiger partial charge in [0.15, 0.2) is 0 Å². The molecule has 0 aliphatic heterocycles. The van der Waals surface area contributed by atoms with Gasteiger partial charge in [0.05, 0.1) is 5.41 Å². The van der Waals surface area contributed by atoms with Crippen LogP contribution < -0.4 is 14.7 Å². The van der Waals surface area contributed by atoms with Crippen LogP contribution in [-0.4, -0.2) is 0 Å². The van der Waals surface area contributed by atoms with Gasteiger partial charge in [0.1, 0.15) is 0 Å². The van der Waals surface area contributed by atoms with Gasteiger partial charge in [-0.15, -0.1) is 0 Å². The predicted molar refractivity (Wildman–Crippen MR) is 267 cm³/mol. The van der Waals surface area contributed by atoms with Gasteiger partial charge >= 0.3 is 0 Å². The van der Waals surface area contributed by atoms with Crippen LogP contribution in [0.5, 0.6) is 0 Å². The molecule has 0 saturated heterocycles. The molecule has 64 heavy (non-hydrogen) atoms. The fourth-order valence-electron chi connectivity index (χ4n) is 10.4. The van der Waals surface area contributed by atoms with Crippen molar-refractivity contribution >= 4 is 51.2 Å². The first-order chi connectivity index (χ1) is 31.8. The molecule has 0 amide bonds. The van der Waals surface area contributed by atoms with E-state index in [-0.39, 0.29) is 0 Å². The van der Waals surface area contributed by atoms with E-state index >= 15 is 0 Å². The molecule has 302 valence electrons. The number of rotatable bonds is 9. The Bertz CT molecular complexity index is 3210. The van der Waals surface area contributed by atoms with E-state index in [4.69, 9.17) is 0 Å². The van der Waals surface area contributed by atoms with E-state index in [1.54, 1.807) is 0 Å². The third-order valence-electron chi connectivity index (χ3n) is 13.0. The van der Waals surface area contributed by atoms with Crippen molar-refractivity contribution in [2.75, 3.05) is 14.7 Å². The maximum atomic E-state index is 2.42. The Morgan fingerprint density at radius 3 is 0.828 bits per heavy atom. The molecular weight excluding hydrogens is 775 g/mol. The zero-order valence-electron chi connectivity index (χ0n) is 35.2. The molecule has 2 aliphatic carbocycles. The summed E-state index contributed by atoms with van der Waals surface area (Å²) in [6.07, 6.45) is 0. The maximum absolute atomic E-state index is 2.42. The van der Waals surface area contributed by atoms with E-state index in [9.17, 15) is 0 Å². The Balaban J connectivity index is 1.01. The van der Waals surface area contributed by atoms with Crippen molar-refractivity contribution in [2.24, 2.45) is 0 Å². The SMILES string of the molecule is c1ccc(N(c2ccccc2)c2cccc(N(c3ccccc3)c3cccc(N(c4ccccc4)c4ccc5c(c4)-c4ccccc4C54c5ccccc5-c5ccccc54)c3)c2)cc1. The summed E-state index contributed by atoms with van der Waals surface area (Å²) in [7, 11) is 0. The van der Waals surface area contributed by atoms with Gasteiger partial charge in [-0.3, -0.25) is 0 Å². The largest absolute Gasteiger partial charge is 0.310 e.